The van der Waals surface area contributed by atoms with E-state index in [1.54, 1.807) is 14.2 Å². The third-order valence-corrected chi connectivity index (χ3v) is 5.06. The highest BCUT2D eigenvalue weighted by atomic mass is 79.9. The Morgan fingerprint density at radius 3 is 2.38 bits per heavy atom. The molecule has 2 aliphatic rings. The molecule has 1 N–H and O–H groups in total. The molecule has 1 atom stereocenters. The summed E-state index contributed by atoms with van der Waals surface area (Å²) >= 11 is 3.55. The number of benzene rings is 1. The van der Waals surface area contributed by atoms with Gasteiger partial charge in [0.25, 0.3) is 0 Å². The standard InChI is InChI=1S/C16H23BrN2O2/c1-20-14-10-13(17)15(21-2)9-12(14)16(11-3-4-11)19-7-5-18-6-8-19/h9-11,16,18H,3-8H2,1-2H3/t16-/m0/s1. The maximum atomic E-state index is 5.65. The van der Waals surface area contributed by atoms with E-state index in [9.17, 15) is 0 Å². The van der Waals surface area contributed by atoms with Gasteiger partial charge in [-0.3, -0.25) is 4.90 Å². The molecule has 5 heteroatoms. The van der Waals surface area contributed by atoms with Gasteiger partial charge in [0.2, 0.25) is 0 Å². The summed E-state index contributed by atoms with van der Waals surface area (Å²) in [6, 6.07) is 4.63. The Kier molecular flexibility index (Phi) is 4.72. The third-order valence-electron chi connectivity index (χ3n) is 4.44. The highest BCUT2D eigenvalue weighted by molar-refractivity contribution is 9.10. The molecule has 2 fully saturated rings. The van der Waals surface area contributed by atoms with E-state index in [2.05, 4.69) is 32.2 Å². The van der Waals surface area contributed by atoms with Crippen LogP contribution in [0.3, 0.4) is 0 Å². The number of nitrogens with one attached hydrogen (secondary N) is 1. The summed E-state index contributed by atoms with van der Waals surface area (Å²) in [5.41, 5.74) is 1.27. The molecule has 116 valence electrons. The summed E-state index contributed by atoms with van der Waals surface area (Å²) in [4.78, 5) is 2.60. The molecule has 0 aromatic heterocycles. The van der Waals surface area contributed by atoms with Crippen LogP contribution in [0.15, 0.2) is 16.6 Å². The Labute approximate surface area is 134 Å². The molecule has 21 heavy (non-hydrogen) atoms. The summed E-state index contributed by atoms with van der Waals surface area (Å²) in [5.74, 6) is 2.59. The van der Waals surface area contributed by atoms with E-state index < -0.39 is 0 Å². The molecule has 1 aliphatic carbocycles. The lowest BCUT2D eigenvalue weighted by molar-refractivity contribution is 0.153. The van der Waals surface area contributed by atoms with Gasteiger partial charge in [0, 0.05) is 37.8 Å². The van der Waals surface area contributed by atoms with Crippen LogP contribution < -0.4 is 14.8 Å². The van der Waals surface area contributed by atoms with E-state index in [0.29, 0.717) is 6.04 Å². The maximum absolute atomic E-state index is 5.65. The van der Waals surface area contributed by atoms with Crippen molar-refractivity contribution in [3.05, 3.63) is 22.2 Å². The average Bonchev–Trinajstić information content (AvgIpc) is 3.34. The smallest absolute Gasteiger partial charge is 0.133 e. The van der Waals surface area contributed by atoms with E-state index in [0.717, 1.165) is 48.1 Å². The zero-order chi connectivity index (χ0) is 14.8. The van der Waals surface area contributed by atoms with Crippen molar-refractivity contribution in [1.29, 1.82) is 0 Å². The summed E-state index contributed by atoms with van der Waals surface area (Å²) in [6.07, 6.45) is 2.63. The van der Waals surface area contributed by atoms with Crippen molar-refractivity contribution in [3.63, 3.8) is 0 Å². The molecule has 1 aromatic carbocycles. The van der Waals surface area contributed by atoms with Gasteiger partial charge in [-0.15, -0.1) is 0 Å². The number of halogens is 1. The Morgan fingerprint density at radius 1 is 1.14 bits per heavy atom. The summed E-state index contributed by atoms with van der Waals surface area (Å²) in [6.45, 7) is 4.34. The van der Waals surface area contributed by atoms with Crippen molar-refractivity contribution in [1.82, 2.24) is 10.2 Å². The van der Waals surface area contributed by atoms with Gasteiger partial charge in [-0.1, -0.05) is 0 Å². The molecular formula is C16H23BrN2O2. The van der Waals surface area contributed by atoms with Crippen LogP contribution in [0.25, 0.3) is 0 Å². The topological polar surface area (TPSA) is 33.7 Å². The van der Waals surface area contributed by atoms with Crippen LogP contribution in [0, 0.1) is 5.92 Å². The maximum Gasteiger partial charge on any atom is 0.133 e. The first-order chi connectivity index (χ1) is 10.2. The number of ether oxygens (including phenoxy) is 2. The summed E-state index contributed by atoms with van der Waals surface area (Å²) in [5, 5.41) is 3.44. The number of hydrogen-bond acceptors (Lipinski definition) is 4. The zero-order valence-corrected chi connectivity index (χ0v) is 14.3. The predicted molar refractivity (Wildman–Crippen MR) is 87.2 cm³/mol. The van der Waals surface area contributed by atoms with Crippen LogP contribution in [0.2, 0.25) is 0 Å². The molecule has 0 unspecified atom stereocenters. The summed E-state index contributed by atoms with van der Waals surface area (Å²) in [7, 11) is 3.47. The normalized spacial score (nSPS) is 21.1. The second kappa shape index (κ2) is 6.55. The lowest BCUT2D eigenvalue weighted by Crippen LogP contribution is -2.45. The lowest BCUT2D eigenvalue weighted by atomic mass is 9.98. The first-order valence-electron chi connectivity index (χ1n) is 7.60. The van der Waals surface area contributed by atoms with Crippen LogP contribution in [0.5, 0.6) is 11.5 Å². The van der Waals surface area contributed by atoms with E-state index in [4.69, 9.17) is 9.47 Å². The second-order valence-corrected chi connectivity index (χ2v) is 6.65. The van der Waals surface area contributed by atoms with Gasteiger partial charge < -0.3 is 14.8 Å². The fraction of sp³-hybridized carbons (Fsp3) is 0.625. The van der Waals surface area contributed by atoms with Gasteiger partial charge in [-0.05, 0) is 46.8 Å². The monoisotopic (exact) mass is 354 g/mol. The van der Waals surface area contributed by atoms with Gasteiger partial charge in [0.15, 0.2) is 0 Å². The predicted octanol–water partition coefficient (Wildman–Crippen LogP) is 2.82. The molecule has 0 spiro atoms. The third kappa shape index (κ3) is 3.20. The lowest BCUT2D eigenvalue weighted by Gasteiger charge is -2.36. The van der Waals surface area contributed by atoms with Crippen molar-refractivity contribution in [2.75, 3.05) is 40.4 Å². The van der Waals surface area contributed by atoms with Crippen LogP contribution in [-0.2, 0) is 0 Å². The number of rotatable bonds is 5. The van der Waals surface area contributed by atoms with Crippen molar-refractivity contribution >= 4 is 15.9 Å². The Morgan fingerprint density at radius 2 is 1.81 bits per heavy atom. The average molecular weight is 355 g/mol. The quantitative estimate of drug-likeness (QED) is 0.881. The van der Waals surface area contributed by atoms with Gasteiger partial charge in [0.05, 0.1) is 18.7 Å². The molecule has 0 bridgehead atoms. The highest BCUT2D eigenvalue weighted by Gasteiger charge is 2.38. The van der Waals surface area contributed by atoms with Crippen LogP contribution >= 0.6 is 15.9 Å². The molecule has 4 nitrogen and oxygen atoms in total. The Hall–Kier alpha value is -0.780. The fourth-order valence-corrected chi connectivity index (χ4v) is 3.72. The number of piperazine rings is 1. The van der Waals surface area contributed by atoms with E-state index in [1.165, 1.54) is 18.4 Å². The van der Waals surface area contributed by atoms with Crippen molar-refractivity contribution in [2.24, 2.45) is 5.92 Å². The molecular weight excluding hydrogens is 332 g/mol. The van der Waals surface area contributed by atoms with Gasteiger partial charge in [-0.25, -0.2) is 0 Å². The first kappa shape index (κ1) is 15.1. The van der Waals surface area contributed by atoms with Crippen LogP contribution in [0.1, 0.15) is 24.4 Å². The molecule has 3 rings (SSSR count). The molecule has 1 heterocycles. The number of nitrogens with zero attached hydrogens (tertiary/aromatic N) is 1. The van der Waals surface area contributed by atoms with E-state index in [1.807, 2.05) is 6.07 Å². The van der Waals surface area contributed by atoms with Gasteiger partial charge in [-0.2, -0.15) is 0 Å². The minimum atomic E-state index is 0.448. The zero-order valence-electron chi connectivity index (χ0n) is 12.7. The van der Waals surface area contributed by atoms with Gasteiger partial charge >= 0.3 is 0 Å². The number of hydrogen-bond donors (Lipinski definition) is 1. The Bertz CT molecular complexity index is 499. The molecule has 0 radical (unpaired) electrons. The van der Waals surface area contributed by atoms with Gasteiger partial charge in [0.1, 0.15) is 11.5 Å². The molecule has 0 amide bonds. The molecule has 1 saturated heterocycles. The molecule has 1 aromatic rings. The van der Waals surface area contributed by atoms with Crippen molar-refractivity contribution < 1.29 is 9.47 Å². The minimum absolute atomic E-state index is 0.448. The van der Waals surface area contributed by atoms with Crippen molar-refractivity contribution in [2.45, 2.75) is 18.9 Å². The highest BCUT2D eigenvalue weighted by Crippen LogP contribution is 2.48. The summed E-state index contributed by atoms with van der Waals surface area (Å²) < 4.78 is 12.1. The minimum Gasteiger partial charge on any atom is -0.496 e. The fourth-order valence-electron chi connectivity index (χ4n) is 3.24. The SMILES string of the molecule is COc1cc([C@H](C2CC2)N2CCNCC2)c(OC)cc1Br. The molecule has 1 aliphatic heterocycles. The Balaban J connectivity index is 1.97. The largest absolute Gasteiger partial charge is 0.496 e. The van der Waals surface area contributed by atoms with Crippen LogP contribution in [-0.4, -0.2) is 45.3 Å². The van der Waals surface area contributed by atoms with E-state index in [-0.39, 0.29) is 0 Å². The first-order valence-corrected chi connectivity index (χ1v) is 8.40. The number of methoxy groups -OCH3 is 2. The van der Waals surface area contributed by atoms with Crippen molar-refractivity contribution in [3.8, 4) is 11.5 Å². The molecule has 1 saturated carbocycles. The van der Waals surface area contributed by atoms with E-state index >= 15 is 0 Å². The second-order valence-electron chi connectivity index (χ2n) is 5.80. The van der Waals surface area contributed by atoms with Crippen LogP contribution in [0.4, 0.5) is 0 Å².